The van der Waals surface area contributed by atoms with E-state index in [4.69, 9.17) is 0 Å². The quantitative estimate of drug-likeness (QED) is 0.705. The lowest BCUT2D eigenvalue weighted by atomic mass is 10.0. The molecule has 118 valence electrons. The molecule has 0 heterocycles. The molecule has 4 heteroatoms. The van der Waals surface area contributed by atoms with Gasteiger partial charge in [0.1, 0.15) is 11.6 Å². The summed E-state index contributed by atoms with van der Waals surface area (Å²) in [4.78, 5) is 14.5. The summed E-state index contributed by atoms with van der Waals surface area (Å²) in [7, 11) is 0. The number of halogens is 2. The van der Waals surface area contributed by atoms with Crippen LogP contribution < -0.4 is 0 Å². The molecule has 2 nitrogen and oxygen atoms in total. The molecule has 1 aromatic carbocycles. The van der Waals surface area contributed by atoms with Gasteiger partial charge in [0, 0.05) is 19.2 Å². The monoisotopic (exact) mass is 297 g/mol. The van der Waals surface area contributed by atoms with Crippen LogP contribution in [0, 0.1) is 23.5 Å². The Morgan fingerprint density at radius 2 is 1.57 bits per heavy atom. The minimum atomic E-state index is -0.791. The number of benzene rings is 1. The Bertz CT molecular complexity index is 476. The molecule has 0 aromatic heterocycles. The standard InChI is InChI=1S/C17H25F2NO/c1-11(2)9-20(10-12(3)4)13(5)17(21)15-7-6-14(18)8-16(15)19/h6-8,11-13H,9-10H2,1-5H3. The number of carbonyl (C=O) groups excluding carboxylic acids is 1. The highest BCUT2D eigenvalue weighted by atomic mass is 19.1. The maximum Gasteiger partial charge on any atom is 0.182 e. The third kappa shape index (κ3) is 5.20. The number of rotatable bonds is 7. The number of carbonyl (C=O) groups is 1. The second-order valence-electron chi connectivity index (χ2n) is 6.41. The third-order valence-electron chi connectivity index (χ3n) is 3.32. The van der Waals surface area contributed by atoms with E-state index in [1.54, 1.807) is 6.92 Å². The Labute approximate surface area is 126 Å². The summed E-state index contributed by atoms with van der Waals surface area (Å²) in [5, 5.41) is 0. The van der Waals surface area contributed by atoms with Gasteiger partial charge < -0.3 is 0 Å². The van der Waals surface area contributed by atoms with Crippen molar-refractivity contribution in [2.24, 2.45) is 11.8 Å². The van der Waals surface area contributed by atoms with E-state index >= 15 is 0 Å². The molecule has 0 fully saturated rings. The van der Waals surface area contributed by atoms with Gasteiger partial charge in [0.2, 0.25) is 0 Å². The fraction of sp³-hybridized carbons (Fsp3) is 0.588. The molecule has 1 atom stereocenters. The second kappa shape index (κ2) is 7.64. The van der Waals surface area contributed by atoms with Crippen molar-refractivity contribution in [3.05, 3.63) is 35.4 Å². The summed E-state index contributed by atoms with van der Waals surface area (Å²) >= 11 is 0. The first-order valence-corrected chi connectivity index (χ1v) is 7.45. The summed E-state index contributed by atoms with van der Waals surface area (Å²) in [6, 6.07) is 2.69. The van der Waals surface area contributed by atoms with E-state index in [0.29, 0.717) is 11.8 Å². The van der Waals surface area contributed by atoms with Crippen LogP contribution in [0.4, 0.5) is 8.78 Å². The Kier molecular flexibility index (Phi) is 6.46. The van der Waals surface area contributed by atoms with Gasteiger partial charge in [-0.05, 0) is 30.9 Å². The van der Waals surface area contributed by atoms with Gasteiger partial charge in [0.25, 0.3) is 0 Å². The molecule has 1 rings (SSSR count). The fourth-order valence-electron chi connectivity index (χ4n) is 2.41. The number of hydrogen-bond donors (Lipinski definition) is 0. The molecule has 0 saturated heterocycles. The smallest absolute Gasteiger partial charge is 0.182 e. The SMILES string of the molecule is CC(C)CN(CC(C)C)C(C)C(=O)c1ccc(F)cc1F. The summed E-state index contributed by atoms with van der Waals surface area (Å²) < 4.78 is 26.7. The van der Waals surface area contributed by atoms with Crippen molar-refractivity contribution in [2.75, 3.05) is 13.1 Å². The molecule has 0 amide bonds. The zero-order valence-electron chi connectivity index (χ0n) is 13.5. The van der Waals surface area contributed by atoms with E-state index in [0.717, 1.165) is 25.2 Å². The molecule has 0 radical (unpaired) electrons. The Hall–Kier alpha value is -1.29. The number of nitrogens with zero attached hydrogens (tertiary/aromatic N) is 1. The molecule has 0 aliphatic heterocycles. The van der Waals surface area contributed by atoms with Gasteiger partial charge in [-0.2, -0.15) is 0 Å². The lowest BCUT2D eigenvalue weighted by Gasteiger charge is -2.31. The highest BCUT2D eigenvalue weighted by Gasteiger charge is 2.25. The lowest BCUT2D eigenvalue weighted by molar-refractivity contribution is 0.0797. The average Bonchev–Trinajstić information content (AvgIpc) is 2.35. The molecule has 0 saturated carbocycles. The fourth-order valence-corrected chi connectivity index (χ4v) is 2.41. The topological polar surface area (TPSA) is 20.3 Å². The number of hydrogen-bond acceptors (Lipinski definition) is 2. The van der Waals surface area contributed by atoms with Crippen LogP contribution >= 0.6 is 0 Å². The van der Waals surface area contributed by atoms with Crippen LogP contribution in [0.15, 0.2) is 18.2 Å². The van der Waals surface area contributed by atoms with Crippen molar-refractivity contribution in [1.29, 1.82) is 0 Å². The maximum atomic E-state index is 13.8. The van der Waals surface area contributed by atoms with E-state index < -0.39 is 17.7 Å². The lowest BCUT2D eigenvalue weighted by Crippen LogP contribution is -2.43. The molecule has 1 aromatic rings. The minimum Gasteiger partial charge on any atom is -0.293 e. The first-order valence-electron chi connectivity index (χ1n) is 7.45. The largest absolute Gasteiger partial charge is 0.293 e. The summed E-state index contributed by atoms with van der Waals surface area (Å²) in [5.41, 5.74) is -0.0404. The van der Waals surface area contributed by atoms with Crippen LogP contribution in [0.5, 0.6) is 0 Å². The Morgan fingerprint density at radius 1 is 1.05 bits per heavy atom. The van der Waals surface area contributed by atoms with Gasteiger partial charge in [-0.1, -0.05) is 27.7 Å². The van der Waals surface area contributed by atoms with E-state index in [2.05, 4.69) is 32.6 Å². The van der Waals surface area contributed by atoms with Gasteiger partial charge >= 0.3 is 0 Å². The maximum absolute atomic E-state index is 13.8. The Morgan fingerprint density at radius 3 is 2.00 bits per heavy atom. The predicted molar refractivity (Wildman–Crippen MR) is 81.4 cm³/mol. The second-order valence-corrected chi connectivity index (χ2v) is 6.41. The van der Waals surface area contributed by atoms with Crippen molar-refractivity contribution >= 4 is 5.78 Å². The van der Waals surface area contributed by atoms with Gasteiger partial charge in [0.15, 0.2) is 5.78 Å². The molecule has 0 bridgehead atoms. The van der Waals surface area contributed by atoms with Crippen molar-refractivity contribution in [3.63, 3.8) is 0 Å². The number of Topliss-reactive ketones (excluding diaryl/α,β-unsaturated/α-hetero) is 1. The average molecular weight is 297 g/mol. The van der Waals surface area contributed by atoms with Gasteiger partial charge in [0.05, 0.1) is 11.6 Å². The molecule has 0 spiro atoms. The van der Waals surface area contributed by atoms with Crippen LogP contribution in [0.1, 0.15) is 45.0 Å². The van der Waals surface area contributed by atoms with Gasteiger partial charge in [-0.15, -0.1) is 0 Å². The van der Waals surface area contributed by atoms with E-state index in [1.807, 2.05) is 0 Å². The van der Waals surface area contributed by atoms with Crippen molar-refractivity contribution < 1.29 is 13.6 Å². The molecule has 1 unspecified atom stereocenters. The van der Waals surface area contributed by atoms with Crippen LogP contribution in [0.2, 0.25) is 0 Å². The summed E-state index contributed by atoms with van der Waals surface area (Å²) in [6.45, 7) is 11.7. The van der Waals surface area contributed by atoms with Crippen molar-refractivity contribution in [2.45, 2.75) is 40.7 Å². The van der Waals surface area contributed by atoms with Crippen LogP contribution in [-0.4, -0.2) is 29.8 Å². The Balaban J connectivity index is 2.95. The number of ketones is 1. The van der Waals surface area contributed by atoms with Crippen LogP contribution in [0.25, 0.3) is 0 Å². The van der Waals surface area contributed by atoms with E-state index in [1.165, 1.54) is 6.07 Å². The molecular formula is C17H25F2NO. The van der Waals surface area contributed by atoms with Crippen molar-refractivity contribution in [1.82, 2.24) is 4.90 Å². The molecular weight excluding hydrogens is 272 g/mol. The predicted octanol–water partition coefficient (Wildman–Crippen LogP) is 4.15. The van der Waals surface area contributed by atoms with Gasteiger partial charge in [-0.3, -0.25) is 9.69 Å². The zero-order valence-corrected chi connectivity index (χ0v) is 13.5. The van der Waals surface area contributed by atoms with Crippen LogP contribution in [-0.2, 0) is 0 Å². The first-order chi connectivity index (χ1) is 9.72. The van der Waals surface area contributed by atoms with E-state index in [9.17, 15) is 13.6 Å². The highest BCUT2D eigenvalue weighted by Crippen LogP contribution is 2.16. The molecule has 0 aliphatic rings. The van der Waals surface area contributed by atoms with Crippen LogP contribution in [0.3, 0.4) is 0 Å². The highest BCUT2D eigenvalue weighted by molar-refractivity contribution is 6.00. The normalized spacial score (nSPS) is 13.2. The van der Waals surface area contributed by atoms with Gasteiger partial charge in [-0.25, -0.2) is 8.78 Å². The molecule has 0 N–H and O–H groups in total. The zero-order chi connectivity index (χ0) is 16.2. The van der Waals surface area contributed by atoms with Crippen molar-refractivity contribution in [3.8, 4) is 0 Å². The first kappa shape index (κ1) is 17.8. The summed E-state index contributed by atoms with van der Waals surface area (Å²) in [6.07, 6.45) is 0. The minimum absolute atomic E-state index is 0.0404. The summed E-state index contributed by atoms with van der Waals surface area (Å²) in [5.74, 6) is -0.929. The third-order valence-corrected chi connectivity index (χ3v) is 3.32. The molecule has 21 heavy (non-hydrogen) atoms. The molecule has 0 aliphatic carbocycles. The van der Waals surface area contributed by atoms with E-state index in [-0.39, 0.29) is 11.3 Å².